The number of aliphatic hydroxyl groups is 2. The van der Waals surface area contributed by atoms with Crippen LogP contribution in [0.5, 0.6) is 0 Å². The number of thioether (sulfide) groups is 6. The second-order valence-corrected chi connectivity index (χ2v) is 17.2. The zero-order chi connectivity index (χ0) is 21.4. The molecule has 4 saturated heterocycles. The predicted octanol–water partition coefficient (Wildman–Crippen LogP) is 4.41. The van der Waals surface area contributed by atoms with E-state index in [1.54, 1.807) is 11.8 Å². The lowest BCUT2D eigenvalue weighted by Gasteiger charge is -2.46. The summed E-state index contributed by atoms with van der Waals surface area (Å²) in [5.41, 5.74) is 0. The van der Waals surface area contributed by atoms with E-state index in [0.29, 0.717) is 11.5 Å². The molecule has 4 heterocycles. The summed E-state index contributed by atoms with van der Waals surface area (Å²) in [6, 6.07) is 0. The van der Waals surface area contributed by atoms with Crippen LogP contribution in [0.1, 0.15) is 26.7 Å². The van der Waals surface area contributed by atoms with E-state index in [-0.39, 0.29) is 37.6 Å². The number of aliphatic hydroxyl groups excluding tert-OH is 2. The Morgan fingerprint density at radius 1 is 0.933 bits per heavy atom. The fourth-order valence-electron chi connectivity index (χ4n) is 5.37. The summed E-state index contributed by atoms with van der Waals surface area (Å²) in [5, 5.41) is 22.8. The molecule has 0 aromatic rings. The van der Waals surface area contributed by atoms with Crippen molar-refractivity contribution in [1.82, 2.24) is 0 Å². The summed E-state index contributed by atoms with van der Waals surface area (Å²) in [4.78, 5) is 13.6. The molecule has 30 heavy (non-hydrogen) atoms. The van der Waals surface area contributed by atoms with E-state index in [9.17, 15) is 15.0 Å². The highest BCUT2D eigenvalue weighted by Crippen LogP contribution is 2.57. The number of ketones is 1. The Balaban J connectivity index is 1.48. The molecule has 172 valence electrons. The Labute approximate surface area is 207 Å². The van der Waals surface area contributed by atoms with Crippen LogP contribution in [0.3, 0.4) is 0 Å². The Kier molecular flexibility index (Phi) is 8.70. The average molecular weight is 527 g/mol. The van der Waals surface area contributed by atoms with E-state index in [2.05, 4.69) is 13.8 Å². The highest BCUT2D eigenvalue weighted by atomic mass is 32.2. The molecule has 0 saturated carbocycles. The number of carbonyl (C=O) groups excluding carboxylic acids is 1. The third-order valence-electron chi connectivity index (χ3n) is 7.27. The first kappa shape index (κ1) is 24.8. The molecule has 0 amide bonds. The summed E-state index contributed by atoms with van der Waals surface area (Å²) >= 11 is 11.6. The summed E-state index contributed by atoms with van der Waals surface area (Å²) in [6.45, 7) is 4.34. The molecule has 9 heteroatoms. The van der Waals surface area contributed by atoms with Crippen LogP contribution in [-0.2, 0) is 4.79 Å². The normalized spacial score (nSPS) is 36.7. The second-order valence-electron chi connectivity index (χ2n) is 8.73. The number of rotatable bonds is 6. The van der Waals surface area contributed by atoms with Crippen molar-refractivity contribution >= 4 is 76.4 Å². The van der Waals surface area contributed by atoms with Crippen molar-refractivity contribution in [3.05, 3.63) is 0 Å². The van der Waals surface area contributed by atoms with E-state index >= 15 is 0 Å². The van der Waals surface area contributed by atoms with Gasteiger partial charge in [-0.2, -0.15) is 23.5 Å². The minimum Gasteiger partial charge on any atom is -0.392 e. The molecule has 0 aromatic carbocycles. The van der Waals surface area contributed by atoms with Gasteiger partial charge in [0, 0.05) is 52.1 Å². The van der Waals surface area contributed by atoms with Crippen molar-refractivity contribution < 1.29 is 15.0 Å². The Bertz CT molecular complexity index is 608. The summed E-state index contributed by atoms with van der Waals surface area (Å²) in [5.74, 6) is 7.74. The molecule has 4 fully saturated rings. The molecule has 0 aromatic heterocycles. The van der Waals surface area contributed by atoms with Crippen LogP contribution in [0, 0.1) is 23.7 Å². The van der Waals surface area contributed by atoms with Gasteiger partial charge >= 0.3 is 0 Å². The Morgan fingerprint density at radius 2 is 1.57 bits per heavy atom. The quantitative estimate of drug-likeness (QED) is 0.524. The topological polar surface area (TPSA) is 57.5 Å². The van der Waals surface area contributed by atoms with Crippen LogP contribution in [0.4, 0.5) is 0 Å². The monoisotopic (exact) mass is 526 g/mol. The molecule has 0 bridgehead atoms. The van der Waals surface area contributed by atoms with Gasteiger partial charge in [-0.1, -0.05) is 13.8 Å². The summed E-state index contributed by atoms with van der Waals surface area (Å²) in [6.07, 6.45) is 0.926. The van der Waals surface area contributed by atoms with Crippen LogP contribution in [0.2, 0.25) is 0 Å². The minimum atomic E-state index is -0.622. The van der Waals surface area contributed by atoms with E-state index in [0.717, 1.165) is 47.4 Å². The van der Waals surface area contributed by atoms with Gasteiger partial charge in [-0.15, -0.1) is 47.0 Å². The van der Waals surface area contributed by atoms with E-state index in [1.807, 2.05) is 58.8 Å². The van der Waals surface area contributed by atoms with Crippen LogP contribution in [-0.4, -0.2) is 82.4 Å². The summed E-state index contributed by atoms with van der Waals surface area (Å²) < 4.78 is 0.120. The van der Waals surface area contributed by atoms with Crippen molar-refractivity contribution in [2.24, 2.45) is 23.7 Å². The fraction of sp³-hybridized carbons (Fsp3) is 0.952. The molecular weight excluding hydrogens is 493 g/mol. The molecule has 4 aliphatic heterocycles. The SMILES string of the molecule is CCC1([C@H](C)[C@@H](O)[C@H]2CSC[C@H]([C@@H](O)[C@@H]3CSCCC34SCCS4)C2=O)SCCS1. The van der Waals surface area contributed by atoms with Crippen LogP contribution in [0.25, 0.3) is 0 Å². The zero-order valence-corrected chi connectivity index (χ0v) is 22.7. The van der Waals surface area contributed by atoms with E-state index in [4.69, 9.17) is 0 Å². The number of hydrogen-bond donors (Lipinski definition) is 2. The predicted molar refractivity (Wildman–Crippen MR) is 142 cm³/mol. The van der Waals surface area contributed by atoms with Gasteiger partial charge in [0.1, 0.15) is 5.78 Å². The standard InChI is InChI=1S/C21H34O3S6/c1-3-20(27-6-7-28-20)13(2)17(22)14-10-26-11-15(18(14)23)19(24)16-12-25-5-4-21(16)29-8-9-30-21/h13-17,19,22,24H,3-12H2,1-2H3/t13-,14-,15+,16+,17-,19-/m1/s1. The Hall–Kier alpha value is 1.69. The van der Waals surface area contributed by atoms with Crippen molar-refractivity contribution in [2.45, 2.75) is 47.1 Å². The van der Waals surface area contributed by atoms with Crippen molar-refractivity contribution in [2.75, 3.05) is 46.0 Å². The first-order chi connectivity index (χ1) is 14.4. The van der Waals surface area contributed by atoms with Crippen LogP contribution in [0.15, 0.2) is 0 Å². The number of hydrogen-bond acceptors (Lipinski definition) is 9. The molecule has 6 atom stereocenters. The van der Waals surface area contributed by atoms with Gasteiger partial charge in [0.05, 0.1) is 32.2 Å². The average Bonchev–Trinajstić information content (AvgIpc) is 3.44. The van der Waals surface area contributed by atoms with Crippen LogP contribution >= 0.6 is 70.6 Å². The van der Waals surface area contributed by atoms with Gasteiger partial charge < -0.3 is 10.2 Å². The third-order valence-corrected chi connectivity index (χ3v) is 17.4. The lowest BCUT2D eigenvalue weighted by Crippen LogP contribution is -2.53. The maximum absolute atomic E-state index is 13.6. The summed E-state index contributed by atoms with van der Waals surface area (Å²) in [7, 11) is 0. The molecule has 4 rings (SSSR count). The van der Waals surface area contributed by atoms with Gasteiger partial charge in [-0.05, 0) is 18.6 Å². The maximum atomic E-state index is 13.6. The largest absolute Gasteiger partial charge is 0.392 e. The van der Waals surface area contributed by atoms with Gasteiger partial charge in [-0.25, -0.2) is 0 Å². The smallest absolute Gasteiger partial charge is 0.145 e. The Morgan fingerprint density at radius 3 is 2.23 bits per heavy atom. The first-order valence-electron chi connectivity index (χ1n) is 11.1. The second kappa shape index (κ2) is 10.5. The molecule has 1 spiro atoms. The zero-order valence-electron chi connectivity index (χ0n) is 17.8. The number of carbonyl (C=O) groups is 1. The lowest BCUT2D eigenvalue weighted by atomic mass is 9.78. The molecule has 3 nitrogen and oxygen atoms in total. The van der Waals surface area contributed by atoms with E-state index in [1.165, 1.54) is 0 Å². The van der Waals surface area contributed by atoms with E-state index < -0.39 is 12.2 Å². The fourth-order valence-corrected chi connectivity index (χ4v) is 15.5. The molecule has 0 aliphatic carbocycles. The van der Waals surface area contributed by atoms with Crippen molar-refractivity contribution in [3.63, 3.8) is 0 Å². The van der Waals surface area contributed by atoms with Crippen LogP contribution < -0.4 is 0 Å². The highest BCUT2D eigenvalue weighted by Gasteiger charge is 2.53. The van der Waals surface area contributed by atoms with Gasteiger partial charge in [0.2, 0.25) is 0 Å². The van der Waals surface area contributed by atoms with Gasteiger partial charge in [0.25, 0.3) is 0 Å². The van der Waals surface area contributed by atoms with Gasteiger partial charge in [0.15, 0.2) is 0 Å². The maximum Gasteiger partial charge on any atom is 0.145 e. The molecular formula is C21H34O3S6. The van der Waals surface area contributed by atoms with Gasteiger partial charge in [-0.3, -0.25) is 4.79 Å². The number of Topliss-reactive ketones (excluding diaryl/α,β-unsaturated/α-hetero) is 1. The molecule has 4 aliphatic rings. The van der Waals surface area contributed by atoms with Crippen molar-refractivity contribution in [1.29, 1.82) is 0 Å². The first-order valence-corrected chi connectivity index (χ1v) is 17.3. The minimum absolute atomic E-state index is 0.0249. The lowest BCUT2D eigenvalue weighted by molar-refractivity contribution is -0.135. The molecule has 0 unspecified atom stereocenters. The van der Waals surface area contributed by atoms with Crippen molar-refractivity contribution in [3.8, 4) is 0 Å². The highest BCUT2D eigenvalue weighted by molar-refractivity contribution is 8.21. The molecule has 0 radical (unpaired) electrons. The molecule has 2 N–H and O–H groups in total. The third kappa shape index (κ3) is 4.63.